The summed E-state index contributed by atoms with van der Waals surface area (Å²) in [6.45, 7) is 2.98. The first-order chi connectivity index (χ1) is 8.79. The van der Waals surface area contributed by atoms with Gasteiger partial charge in [-0.15, -0.1) is 0 Å². The number of hydrogen-bond donors (Lipinski definition) is 0. The minimum Gasteiger partial charge on any atom is -0.299 e. The number of carbonyl (C=O) groups excluding carboxylic acids is 1. The van der Waals surface area contributed by atoms with Gasteiger partial charge in [0.15, 0.2) is 0 Å². The second-order valence-corrected chi connectivity index (χ2v) is 5.04. The molecule has 1 aromatic heterocycles. The van der Waals surface area contributed by atoms with Crippen molar-refractivity contribution in [1.29, 1.82) is 0 Å². The summed E-state index contributed by atoms with van der Waals surface area (Å²) in [5.74, 6) is 0.624. The number of fused-ring (bicyclic) bond motifs is 1. The molecule has 94 valence electrons. The van der Waals surface area contributed by atoms with Crippen LogP contribution in [0, 0.1) is 5.92 Å². The fourth-order valence-electron chi connectivity index (χ4n) is 2.93. The summed E-state index contributed by atoms with van der Waals surface area (Å²) in [6.07, 6.45) is 3.66. The van der Waals surface area contributed by atoms with Crippen molar-refractivity contribution in [3.8, 4) is 0 Å². The van der Waals surface area contributed by atoms with Crippen molar-refractivity contribution in [2.45, 2.75) is 39.2 Å². The third kappa shape index (κ3) is 1.84. The number of hydrogen-bond acceptors (Lipinski definition) is 2. The number of para-hydroxylation sites is 1. The first kappa shape index (κ1) is 11.5. The summed E-state index contributed by atoms with van der Waals surface area (Å²) in [4.78, 5) is 11.8. The maximum Gasteiger partial charge on any atom is 0.136 e. The van der Waals surface area contributed by atoms with E-state index in [4.69, 9.17) is 0 Å². The van der Waals surface area contributed by atoms with Crippen molar-refractivity contribution in [3.63, 3.8) is 0 Å². The molecule has 1 aromatic carbocycles. The number of rotatable bonds is 3. The van der Waals surface area contributed by atoms with Crippen molar-refractivity contribution in [1.82, 2.24) is 9.78 Å². The first-order valence-corrected chi connectivity index (χ1v) is 6.76. The third-order valence-electron chi connectivity index (χ3n) is 3.90. The van der Waals surface area contributed by atoms with E-state index >= 15 is 0 Å². The van der Waals surface area contributed by atoms with Crippen molar-refractivity contribution >= 4 is 16.7 Å². The molecule has 18 heavy (non-hydrogen) atoms. The van der Waals surface area contributed by atoms with E-state index in [1.54, 1.807) is 0 Å². The van der Waals surface area contributed by atoms with Crippen LogP contribution in [0.3, 0.4) is 0 Å². The Hall–Kier alpha value is -1.64. The van der Waals surface area contributed by atoms with E-state index in [1.165, 1.54) is 10.9 Å². The van der Waals surface area contributed by atoms with Crippen LogP contribution < -0.4 is 0 Å². The Morgan fingerprint density at radius 3 is 2.94 bits per heavy atom. The molecule has 0 bridgehead atoms. The van der Waals surface area contributed by atoms with E-state index in [-0.39, 0.29) is 5.92 Å². The third-order valence-corrected chi connectivity index (χ3v) is 3.90. The number of ketones is 1. The maximum atomic E-state index is 11.8. The van der Waals surface area contributed by atoms with Gasteiger partial charge in [0.2, 0.25) is 0 Å². The normalized spacial score (nSPS) is 19.8. The molecule has 1 atom stereocenters. The number of aryl methyl sites for hydroxylation is 1. The van der Waals surface area contributed by atoms with Crippen LogP contribution in [0.4, 0.5) is 0 Å². The van der Waals surface area contributed by atoms with Crippen molar-refractivity contribution in [2.75, 3.05) is 0 Å². The summed E-state index contributed by atoms with van der Waals surface area (Å²) in [5, 5.41) is 5.88. The maximum absolute atomic E-state index is 11.8. The van der Waals surface area contributed by atoms with Crippen molar-refractivity contribution < 1.29 is 4.79 Å². The zero-order valence-electron chi connectivity index (χ0n) is 10.7. The Bertz CT molecular complexity index is 585. The molecular weight excluding hydrogens is 224 g/mol. The van der Waals surface area contributed by atoms with E-state index in [1.807, 2.05) is 16.8 Å². The molecule has 1 aliphatic carbocycles. The molecule has 1 unspecified atom stereocenters. The molecule has 1 heterocycles. The van der Waals surface area contributed by atoms with Crippen LogP contribution in [0.15, 0.2) is 24.3 Å². The molecule has 1 fully saturated rings. The summed E-state index contributed by atoms with van der Waals surface area (Å²) in [6, 6.07) is 8.31. The Morgan fingerprint density at radius 2 is 2.22 bits per heavy atom. The Labute approximate surface area is 107 Å². The van der Waals surface area contributed by atoms with Crippen LogP contribution in [0.1, 0.15) is 31.9 Å². The van der Waals surface area contributed by atoms with Gasteiger partial charge in [-0.05, 0) is 25.8 Å². The lowest BCUT2D eigenvalue weighted by Gasteiger charge is -2.04. The van der Waals surface area contributed by atoms with Crippen LogP contribution in [0.2, 0.25) is 0 Å². The zero-order chi connectivity index (χ0) is 12.5. The van der Waals surface area contributed by atoms with Gasteiger partial charge in [-0.2, -0.15) is 5.10 Å². The molecule has 0 N–H and O–H groups in total. The van der Waals surface area contributed by atoms with Crippen LogP contribution in [0.5, 0.6) is 0 Å². The average Bonchev–Trinajstić information content (AvgIpc) is 2.95. The van der Waals surface area contributed by atoms with Gasteiger partial charge < -0.3 is 0 Å². The molecule has 3 rings (SSSR count). The lowest BCUT2D eigenvalue weighted by Crippen LogP contribution is -2.10. The fraction of sp³-hybridized carbons (Fsp3) is 0.467. The summed E-state index contributed by atoms with van der Waals surface area (Å²) in [7, 11) is 0. The molecular formula is C15H18N2O. The number of carbonyl (C=O) groups is 1. The fourth-order valence-corrected chi connectivity index (χ4v) is 2.93. The number of Topliss-reactive ketones (excluding diaryl/α,β-unsaturated/α-hetero) is 1. The van der Waals surface area contributed by atoms with E-state index in [0.717, 1.165) is 37.9 Å². The van der Waals surface area contributed by atoms with E-state index in [0.29, 0.717) is 5.78 Å². The number of nitrogens with zero attached hydrogens (tertiary/aromatic N) is 2. The SMILES string of the molecule is CCn1nc(CC2CCCC2=O)c2ccccc21. The van der Waals surface area contributed by atoms with Crippen molar-refractivity contribution in [2.24, 2.45) is 5.92 Å². The molecule has 0 saturated heterocycles. The minimum absolute atomic E-state index is 0.202. The molecule has 0 spiro atoms. The molecule has 0 amide bonds. The molecule has 1 aliphatic rings. The Balaban J connectivity index is 1.98. The second-order valence-electron chi connectivity index (χ2n) is 5.04. The monoisotopic (exact) mass is 242 g/mol. The van der Waals surface area contributed by atoms with Gasteiger partial charge >= 0.3 is 0 Å². The molecule has 3 nitrogen and oxygen atoms in total. The average molecular weight is 242 g/mol. The standard InChI is InChI=1S/C15H18N2O/c1-2-17-14-8-4-3-7-12(14)13(16-17)10-11-6-5-9-15(11)18/h3-4,7-8,11H,2,5-6,9-10H2,1H3. The summed E-state index contributed by atoms with van der Waals surface area (Å²) in [5.41, 5.74) is 2.27. The van der Waals surface area contributed by atoms with Crippen LogP contribution in [-0.4, -0.2) is 15.6 Å². The number of benzene rings is 1. The van der Waals surface area contributed by atoms with Gasteiger partial charge in [-0.3, -0.25) is 9.48 Å². The summed E-state index contributed by atoms with van der Waals surface area (Å²) < 4.78 is 2.03. The molecule has 3 heteroatoms. The molecule has 2 aromatic rings. The highest BCUT2D eigenvalue weighted by Gasteiger charge is 2.26. The highest BCUT2D eigenvalue weighted by molar-refractivity contribution is 5.85. The number of aromatic nitrogens is 2. The van der Waals surface area contributed by atoms with E-state index in [2.05, 4.69) is 24.2 Å². The molecule has 0 aliphatic heterocycles. The summed E-state index contributed by atoms with van der Waals surface area (Å²) >= 11 is 0. The van der Waals surface area contributed by atoms with E-state index in [9.17, 15) is 4.79 Å². The molecule has 0 radical (unpaired) electrons. The van der Waals surface area contributed by atoms with Crippen molar-refractivity contribution in [3.05, 3.63) is 30.0 Å². The first-order valence-electron chi connectivity index (χ1n) is 6.76. The largest absolute Gasteiger partial charge is 0.299 e. The van der Waals surface area contributed by atoms with Gasteiger partial charge in [-0.1, -0.05) is 18.2 Å². The smallest absolute Gasteiger partial charge is 0.136 e. The van der Waals surface area contributed by atoms with Gasteiger partial charge in [-0.25, -0.2) is 0 Å². The van der Waals surface area contributed by atoms with Crippen LogP contribution in [-0.2, 0) is 17.8 Å². The lowest BCUT2D eigenvalue weighted by molar-refractivity contribution is -0.120. The highest BCUT2D eigenvalue weighted by atomic mass is 16.1. The second kappa shape index (κ2) is 4.56. The predicted octanol–water partition coefficient (Wildman–Crippen LogP) is 2.97. The van der Waals surface area contributed by atoms with Gasteiger partial charge in [0.1, 0.15) is 5.78 Å². The molecule has 1 saturated carbocycles. The van der Waals surface area contributed by atoms with Gasteiger partial charge in [0.25, 0.3) is 0 Å². The van der Waals surface area contributed by atoms with Gasteiger partial charge in [0, 0.05) is 30.7 Å². The Morgan fingerprint density at radius 1 is 1.39 bits per heavy atom. The lowest BCUT2D eigenvalue weighted by atomic mass is 9.99. The van der Waals surface area contributed by atoms with Gasteiger partial charge in [0.05, 0.1) is 11.2 Å². The highest BCUT2D eigenvalue weighted by Crippen LogP contribution is 2.27. The predicted molar refractivity (Wildman–Crippen MR) is 71.5 cm³/mol. The minimum atomic E-state index is 0.202. The Kier molecular flexibility index (Phi) is 2.90. The zero-order valence-corrected chi connectivity index (χ0v) is 10.7. The van der Waals surface area contributed by atoms with Crippen LogP contribution in [0.25, 0.3) is 10.9 Å². The van der Waals surface area contributed by atoms with E-state index < -0.39 is 0 Å². The topological polar surface area (TPSA) is 34.9 Å². The quantitative estimate of drug-likeness (QED) is 0.829. The van der Waals surface area contributed by atoms with Crippen LogP contribution >= 0.6 is 0 Å².